The predicted octanol–water partition coefficient (Wildman–Crippen LogP) is 6.44. The Bertz CT molecular complexity index is 2780. The monoisotopic (exact) mass is 871 g/mol. The third-order valence-electron chi connectivity index (χ3n) is 13.0. The largest absolute Gasteiger partial charge is 0.508 e. The first-order valence-electron chi connectivity index (χ1n) is 21.2. The molecule has 10 rings (SSSR count). The highest BCUT2D eigenvalue weighted by molar-refractivity contribution is 6.23. The molecule has 4 aliphatic heterocycles. The molecule has 3 saturated heterocycles. The average Bonchev–Trinajstić information content (AvgIpc) is 3.80. The van der Waals surface area contributed by atoms with E-state index in [-0.39, 0.29) is 36.8 Å². The number of imide groups is 1. The van der Waals surface area contributed by atoms with Gasteiger partial charge in [-0.05, 0) is 64.2 Å². The lowest BCUT2D eigenvalue weighted by molar-refractivity contribution is -0.384. The van der Waals surface area contributed by atoms with Crippen LogP contribution in [0.4, 0.5) is 22.1 Å². The van der Waals surface area contributed by atoms with Crippen molar-refractivity contribution in [2.75, 3.05) is 36.0 Å². The lowest BCUT2D eigenvalue weighted by Crippen LogP contribution is -2.59. The maximum Gasteiger partial charge on any atom is 0.421 e. The summed E-state index contributed by atoms with van der Waals surface area (Å²) in [6.45, 7) is 0.820. The molecule has 65 heavy (non-hydrogen) atoms. The Hall–Kier alpha value is -7.98. The van der Waals surface area contributed by atoms with Gasteiger partial charge < -0.3 is 24.4 Å². The van der Waals surface area contributed by atoms with Crippen LogP contribution in [-0.4, -0.2) is 85.9 Å². The van der Waals surface area contributed by atoms with Gasteiger partial charge in [0.1, 0.15) is 29.9 Å². The molecule has 0 radical (unpaired) electrons. The SMILES string of the molecule is O=C1OC(c2ccccc2)C(c2ccccc2)N2C1C(C(=O)N1CCN(c3ncccn3)CC1)C1(C(=O)N(C(=O)OCc3ccc([N+](=O)[O-])cc3)c3ccccc31)C2c1ccc(O)cc1. The first-order valence-corrected chi connectivity index (χ1v) is 21.2. The molecule has 0 bridgehead atoms. The van der Waals surface area contributed by atoms with Crippen LogP contribution in [0.3, 0.4) is 0 Å². The number of amides is 3. The Kier molecular flexibility index (Phi) is 10.5. The minimum atomic E-state index is -1.97. The quantitative estimate of drug-likeness (QED) is 0.100. The van der Waals surface area contributed by atoms with Crippen LogP contribution in [0.1, 0.15) is 46.0 Å². The zero-order valence-electron chi connectivity index (χ0n) is 34.7. The van der Waals surface area contributed by atoms with E-state index < -0.39 is 64.4 Å². The summed E-state index contributed by atoms with van der Waals surface area (Å²) in [4.78, 5) is 88.0. The number of non-ortho nitro benzene ring substituents is 1. The number of hydrogen-bond donors (Lipinski definition) is 1. The number of fused-ring (bicyclic) bond motifs is 3. The van der Waals surface area contributed by atoms with Crippen LogP contribution in [0.25, 0.3) is 0 Å². The van der Waals surface area contributed by atoms with Gasteiger partial charge in [-0.25, -0.2) is 19.7 Å². The number of benzene rings is 5. The fourth-order valence-corrected chi connectivity index (χ4v) is 10.2. The number of carbonyl (C=O) groups is 4. The number of phenolic OH excluding ortho intramolecular Hbond substituents is 1. The van der Waals surface area contributed by atoms with E-state index in [0.717, 1.165) is 10.5 Å². The van der Waals surface area contributed by atoms with Crippen molar-refractivity contribution in [1.82, 2.24) is 19.8 Å². The summed E-state index contributed by atoms with van der Waals surface area (Å²) in [5.74, 6) is -2.99. The summed E-state index contributed by atoms with van der Waals surface area (Å²) < 4.78 is 12.4. The Morgan fingerprint density at radius 2 is 1.38 bits per heavy atom. The minimum Gasteiger partial charge on any atom is -0.508 e. The Labute approximate surface area is 372 Å². The van der Waals surface area contributed by atoms with Crippen molar-refractivity contribution in [1.29, 1.82) is 0 Å². The number of carbonyl (C=O) groups excluding carboxylic acids is 4. The zero-order valence-corrected chi connectivity index (χ0v) is 34.7. The molecule has 6 unspecified atom stereocenters. The maximum atomic E-state index is 16.2. The zero-order chi connectivity index (χ0) is 44.8. The number of rotatable bonds is 8. The van der Waals surface area contributed by atoms with E-state index in [1.54, 1.807) is 59.8 Å². The number of esters is 1. The van der Waals surface area contributed by atoms with Gasteiger partial charge in [0.05, 0.1) is 28.6 Å². The van der Waals surface area contributed by atoms with Crippen molar-refractivity contribution in [2.45, 2.75) is 36.3 Å². The summed E-state index contributed by atoms with van der Waals surface area (Å²) in [6, 6.07) is 35.8. The number of aromatic nitrogens is 2. The second kappa shape index (κ2) is 16.6. The van der Waals surface area contributed by atoms with Crippen LogP contribution in [0.15, 0.2) is 152 Å². The highest BCUT2D eigenvalue weighted by Gasteiger charge is 2.76. The molecule has 326 valence electrons. The normalized spacial score (nSPS) is 23.8. The molecule has 6 aromatic rings. The van der Waals surface area contributed by atoms with Gasteiger partial charge in [-0.1, -0.05) is 91.0 Å². The van der Waals surface area contributed by atoms with E-state index in [1.165, 1.54) is 36.4 Å². The second-order valence-electron chi connectivity index (χ2n) is 16.4. The van der Waals surface area contributed by atoms with Crippen molar-refractivity contribution >= 4 is 41.2 Å². The van der Waals surface area contributed by atoms with Gasteiger partial charge in [-0.15, -0.1) is 0 Å². The number of cyclic esters (lactones) is 1. The van der Waals surface area contributed by atoms with Gasteiger partial charge in [-0.2, -0.15) is 0 Å². The molecule has 1 N–H and O–H groups in total. The number of aromatic hydroxyl groups is 1. The predicted molar refractivity (Wildman–Crippen MR) is 234 cm³/mol. The van der Waals surface area contributed by atoms with Crippen LogP contribution in [0, 0.1) is 16.0 Å². The number of hydrogen-bond acceptors (Lipinski definition) is 13. The maximum absolute atomic E-state index is 16.2. The summed E-state index contributed by atoms with van der Waals surface area (Å²) >= 11 is 0. The smallest absolute Gasteiger partial charge is 0.421 e. The number of nitrogens with zero attached hydrogens (tertiary/aromatic N) is 7. The van der Waals surface area contributed by atoms with Crippen LogP contribution < -0.4 is 9.80 Å². The van der Waals surface area contributed by atoms with Gasteiger partial charge in [-0.3, -0.25) is 29.4 Å². The topological polar surface area (TPSA) is 189 Å². The molecule has 3 fully saturated rings. The number of para-hydroxylation sites is 1. The highest BCUT2D eigenvalue weighted by atomic mass is 16.6. The van der Waals surface area contributed by atoms with Gasteiger partial charge in [0.2, 0.25) is 17.8 Å². The molecule has 4 aliphatic rings. The number of nitro benzene ring substituents is 1. The summed E-state index contributed by atoms with van der Waals surface area (Å²) in [5, 5.41) is 22.0. The lowest BCUT2D eigenvalue weighted by Gasteiger charge is -2.46. The van der Waals surface area contributed by atoms with Crippen LogP contribution in [0.5, 0.6) is 5.75 Å². The highest BCUT2D eigenvalue weighted by Crippen LogP contribution is 2.66. The van der Waals surface area contributed by atoms with Crippen LogP contribution in [-0.2, 0) is 35.9 Å². The molecule has 5 heterocycles. The van der Waals surface area contributed by atoms with Crippen LogP contribution in [0.2, 0.25) is 0 Å². The molecule has 0 saturated carbocycles. The van der Waals surface area contributed by atoms with E-state index in [2.05, 4.69) is 9.97 Å². The van der Waals surface area contributed by atoms with Crippen LogP contribution >= 0.6 is 0 Å². The Morgan fingerprint density at radius 1 is 0.754 bits per heavy atom. The Morgan fingerprint density at radius 3 is 2.05 bits per heavy atom. The first-order chi connectivity index (χ1) is 31.7. The van der Waals surface area contributed by atoms with E-state index in [0.29, 0.717) is 41.3 Å². The molecule has 0 aliphatic carbocycles. The first kappa shape index (κ1) is 41.1. The number of morpholine rings is 1. The van der Waals surface area contributed by atoms with Gasteiger partial charge in [0.15, 0.2) is 0 Å². The van der Waals surface area contributed by atoms with Gasteiger partial charge in [0, 0.05) is 50.7 Å². The van der Waals surface area contributed by atoms with E-state index in [1.807, 2.05) is 70.5 Å². The molecule has 16 nitrogen and oxygen atoms in total. The third kappa shape index (κ3) is 6.89. The number of nitro groups is 1. The lowest BCUT2D eigenvalue weighted by atomic mass is 9.65. The fourth-order valence-electron chi connectivity index (χ4n) is 10.2. The van der Waals surface area contributed by atoms with Crippen molar-refractivity contribution in [3.63, 3.8) is 0 Å². The summed E-state index contributed by atoms with van der Waals surface area (Å²) in [6.07, 6.45) is 1.34. The van der Waals surface area contributed by atoms with E-state index in [9.17, 15) is 20.0 Å². The van der Waals surface area contributed by atoms with Crippen molar-refractivity contribution in [3.05, 3.63) is 190 Å². The van der Waals surface area contributed by atoms with Crippen molar-refractivity contribution in [3.8, 4) is 5.75 Å². The number of piperazine rings is 1. The number of anilines is 2. The summed E-state index contributed by atoms with van der Waals surface area (Å²) in [5.41, 5.74) is 0.761. The molecule has 1 aromatic heterocycles. The average molecular weight is 872 g/mol. The third-order valence-corrected chi connectivity index (χ3v) is 13.0. The second-order valence-corrected chi connectivity index (χ2v) is 16.4. The molecule has 1 spiro atoms. The molecular formula is C49H41N7O9. The fraction of sp³-hybridized carbons (Fsp3) is 0.224. The molecule has 6 atom stereocenters. The summed E-state index contributed by atoms with van der Waals surface area (Å²) in [7, 11) is 0. The van der Waals surface area contributed by atoms with E-state index in [4.69, 9.17) is 9.47 Å². The van der Waals surface area contributed by atoms with E-state index >= 15 is 14.4 Å². The number of ether oxygens (including phenoxy) is 2. The van der Waals surface area contributed by atoms with Crippen molar-refractivity contribution < 1.29 is 38.7 Å². The Balaban J connectivity index is 1.16. The standard InChI is InChI=1S/C49H41N7O9/c57-36-22-18-34(19-23-36)43-49(37-14-7-8-15-38(37)54(46(49)60)48(61)64-30-31-16-20-35(21-17-31)56(62)63)39(44(58)52-26-28-53(29-27-52)47-50-24-9-25-51-47)41-45(59)65-42(33-12-5-2-6-13-33)40(55(41)43)32-10-3-1-4-11-32/h1-25,39-43,57H,26-30H2. The molecule has 16 heteroatoms. The molecule has 5 aromatic carbocycles. The molecule has 3 amide bonds. The van der Waals surface area contributed by atoms with Crippen molar-refractivity contribution in [2.24, 2.45) is 5.92 Å². The van der Waals surface area contributed by atoms with Gasteiger partial charge in [0.25, 0.3) is 5.69 Å². The number of phenols is 1. The van der Waals surface area contributed by atoms with Gasteiger partial charge >= 0.3 is 12.1 Å². The molecular weight excluding hydrogens is 831 g/mol. The minimum absolute atomic E-state index is 0.0420.